The third-order valence-electron chi connectivity index (χ3n) is 1.15. The molecule has 0 rings (SSSR count). The number of nitrogens with one attached hydrogen (secondary N) is 1. The molecular weight excluding hydrogens is 164 g/mol. The Morgan fingerprint density at radius 2 is 2.00 bits per heavy atom. The third-order valence-corrected chi connectivity index (χ3v) is 1.15. The van der Waals surface area contributed by atoms with Crippen LogP contribution in [0.25, 0.3) is 0 Å². The van der Waals surface area contributed by atoms with Gasteiger partial charge in [-0.1, -0.05) is 0 Å². The molecular formula is C9H19N4+. The van der Waals surface area contributed by atoms with Crippen LogP contribution in [0.4, 0.5) is 0 Å². The van der Waals surface area contributed by atoms with Crippen LogP contribution in [0, 0.1) is 0 Å². The molecule has 0 atom stereocenters. The van der Waals surface area contributed by atoms with Crippen LogP contribution in [-0.2, 0) is 0 Å². The summed E-state index contributed by atoms with van der Waals surface area (Å²) in [5.74, 6) is 0. The SMILES string of the molecule is CN=C/C(=C/N(C)C)NC=[N+](C)C. The van der Waals surface area contributed by atoms with Crippen molar-refractivity contribution in [2.45, 2.75) is 0 Å². The first-order valence-electron chi connectivity index (χ1n) is 4.13. The van der Waals surface area contributed by atoms with Gasteiger partial charge in [-0.25, -0.2) is 5.32 Å². The highest BCUT2D eigenvalue weighted by atomic mass is 15.1. The first kappa shape index (κ1) is 11.7. The Kier molecular flexibility index (Phi) is 5.59. The molecule has 74 valence electrons. The van der Waals surface area contributed by atoms with Gasteiger partial charge in [0.15, 0.2) is 5.70 Å². The van der Waals surface area contributed by atoms with Gasteiger partial charge >= 0.3 is 0 Å². The van der Waals surface area contributed by atoms with E-state index in [2.05, 4.69) is 10.3 Å². The molecule has 13 heavy (non-hydrogen) atoms. The van der Waals surface area contributed by atoms with E-state index in [4.69, 9.17) is 0 Å². The lowest BCUT2D eigenvalue weighted by Gasteiger charge is -2.04. The number of hydrogen-bond donors (Lipinski definition) is 1. The number of hydrogen-bond acceptors (Lipinski definition) is 2. The summed E-state index contributed by atoms with van der Waals surface area (Å²) in [5, 5.41) is 3.12. The zero-order valence-electron chi connectivity index (χ0n) is 9.07. The van der Waals surface area contributed by atoms with Crippen molar-refractivity contribution in [2.75, 3.05) is 35.2 Å². The molecule has 1 N–H and O–H groups in total. The van der Waals surface area contributed by atoms with Crippen molar-refractivity contribution in [2.24, 2.45) is 4.99 Å². The van der Waals surface area contributed by atoms with Crippen molar-refractivity contribution in [3.05, 3.63) is 11.9 Å². The first-order chi connectivity index (χ1) is 6.06. The molecule has 0 aromatic heterocycles. The summed E-state index contributed by atoms with van der Waals surface area (Å²) in [6.45, 7) is 0. The predicted molar refractivity (Wildman–Crippen MR) is 57.5 cm³/mol. The summed E-state index contributed by atoms with van der Waals surface area (Å²) < 4.78 is 1.94. The minimum atomic E-state index is 0.959. The van der Waals surface area contributed by atoms with E-state index >= 15 is 0 Å². The van der Waals surface area contributed by atoms with E-state index in [0.29, 0.717) is 0 Å². The zero-order chi connectivity index (χ0) is 10.3. The highest BCUT2D eigenvalue weighted by Gasteiger charge is 1.95. The van der Waals surface area contributed by atoms with Gasteiger partial charge < -0.3 is 4.90 Å². The lowest BCUT2D eigenvalue weighted by atomic mass is 10.5. The molecule has 0 saturated carbocycles. The fourth-order valence-corrected chi connectivity index (χ4v) is 0.729. The van der Waals surface area contributed by atoms with Crippen LogP contribution in [0.2, 0.25) is 0 Å². The minimum absolute atomic E-state index is 0.959. The molecule has 0 heterocycles. The van der Waals surface area contributed by atoms with Gasteiger partial charge in [0.25, 0.3) is 0 Å². The van der Waals surface area contributed by atoms with Crippen LogP contribution < -0.4 is 5.32 Å². The summed E-state index contributed by atoms with van der Waals surface area (Å²) in [5.41, 5.74) is 0.959. The lowest BCUT2D eigenvalue weighted by molar-refractivity contribution is -0.461. The van der Waals surface area contributed by atoms with Gasteiger partial charge in [-0.05, 0) is 0 Å². The van der Waals surface area contributed by atoms with Crippen LogP contribution in [0.15, 0.2) is 16.9 Å². The van der Waals surface area contributed by atoms with E-state index in [1.54, 1.807) is 13.3 Å². The zero-order valence-corrected chi connectivity index (χ0v) is 9.07. The number of allylic oxidation sites excluding steroid dienone is 1. The van der Waals surface area contributed by atoms with Crippen molar-refractivity contribution in [1.82, 2.24) is 10.2 Å². The average molecular weight is 183 g/mol. The smallest absolute Gasteiger partial charge is 0.236 e. The molecule has 0 aliphatic heterocycles. The van der Waals surface area contributed by atoms with Crippen molar-refractivity contribution >= 4 is 12.6 Å². The Hall–Kier alpha value is -1.32. The van der Waals surface area contributed by atoms with Crippen LogP contribution >= 0.6 is 0 Å². The molecule has 0 aliphatic carbocycles. The van der Waals surface area contributed by atoms with E-state index in [1.807, 2.05) is 50.2 Å². The molecule has 0 aliphatic rings. The van der Waals surface area contributed by atoms with Crippen molar-refractivity contribution < 1.29 is 4.58 Å². The molecule has 0 aromatic carbocycles. The standard InChI is InChI=1S/C9H18N4/c1-10-6-9(7-12(2)3)11-8-13(4)5/h6-8H,1-5H3/p+1/b9-7-,10-6?. The molecule has 0 aromatic rings. The second-order valence-electron chi connectivity index (χ2n) is 3.17. The third kappa shape index (κ3) is 7.05. The van der Waals surface area contributed by atoms with Crippen molar-refractivity contribution in [3.63, 3.8) is 0 Å². The van der Waals surface area contributed by atoms with Gasteiger partial charge in [0.05, 0.1) is 20.3 Å². The van der Waals surface area contributed by atoms with Crippen LogP contribution in [0.1, 0.15) is 0 Å². The van der Waals surface area contributed by atoms with Crippen molar-refractivity contribution in [1.29, 1.82) is 0 Å². The quantitative estimate of drug-likeness (QED) is 0.377. The Morgan fingerprint density at radius 3 is 2.38 bits per heavy atom. The maximum absolute atomic E-state index is 3.95. The Morgan fingerprint density at radius 1 is 1.38 bits per heavy atom. The van der Waals surface area contributed by atoms with E-state index in [0.717, 1.165) is 5.70 Å². The summed E-state index contributed by atoms with van der Waals surface area (Å²) in [6, 6.07) is 0. The Labute approximate surface area is 80.3 Å². The summed E-state index contributed by atoms with van der Waals surface area (Å²) >= 11 is 0. The molecule has 0 spiro atoms. The van der Waals surface area contributed by atoms with E-state index in [1.165, 1.54) is 0 Å². The highest BCUT2D eigenvalue weighted by Crippen LogP contribution is 1.85. The average Bonchev–Trinajstić information content (AvgIpc) is 1.99. The normalized spacial score (nSPS) is 11.6. The molecule has 0 amide bonds. The van der Waals surface area contributed by atoms with Gasteiger partial charge in [-0.3, -0.25) is 9.57 Å². The molecule has 4 nitrogen and oxygen atoms in total. The van der Waals surface area contributed by atoms with Gasteiger partial charge in [-0.2, -0.15) is 0 Å². The van der Waals surface area contributed by atoms with Crippen LogP contribution in [0.5, 0.6) is 0 Å². The predicted octanol–water partition coefficient (Wildman–Crippen LogP) is -0.0200. The minimum Gasteiger partial charge on any atom is -0.380 e. The number of rotatable bonds is 4. The monoisotopic (exact) mass is 183 g/mol. The van der Waals surface area contributed by atoms with E-state index in [9.17, 15) is 0 Å². The van der Waals surface area contributed by atoms with Crippen LogP contribution in [-0.4, -0.2) is 57.3 Å². The topological polar surface area (TPSA) is 30.6 Å². The molecule has 4 heteroatoms. The fourth-order valence-electron chi connectivity index (χ4n) is 0.729. The second kappa shape index (κ2) is 6.22. The Bertz CT molecular complexity index is 222. The largest absolute Gasteiger partial charge is 0.380 e. The van der Waals surface area contributed by atoms with E-state index < -0.39 is 0 Å². The van der Waals surface area contributed by atoms with Gasteiger partial charge in [-0.15, -0.1) is 0 Å². The van der Waals surface area contributed by atoms with Crippen molar-refractivity contribution in [3.8, 4) is 0 Å². The summed E-state index contributed by atoms with van der Waals surface area (Å²) in [7, 11) is 9.62. The van der Waals surface area contributed by atoms with Gasteiger partial charge in [0.2, 0.25) is 6.34 Å². The molecule has 0 unspecified atom stereocenters. The first-order valence-corrected chi connectivity index (χ1v) is 4.13. The summed E-state index contributed by atoms with van der Waals surface area (Å²) in [4.78, 5) is 5.91. The number of aliphatic imine (C=N–C) groups is 1. The van der Waals surface area contributed by atoms with E-state index in [-0.39, 0.29) is 0 Å². The number of nitrogens with zero attached hydrogens (tertiary/aromatic N) is 3. The maximum Gasteiger partial charge on any atom is 0.236 e. The van der Waals surface area contributed by atoms with Gasteiger partial charge in [0.1, 0.15) is 0 Å². The molecule has 0 bridgehead atoms. The van der Waals surface area contributed by atoms with Gasteiger partial charge in [0, 0.05) is 27.3 Å². The van der Waals surface area contributed by atoms with Crippen LogP contribution in [0.3, 0.4) is 0 Å². The Balaban J connectivity index is 4.35. The summed E-state index contributed by atoms with van der Waals surface area (Å²) in [6.07, 6.45) is 5.62. The molecule has 0 fully saturated rings. The maximum atomic E-state index is 3.95. The lowest BCUT2D eigenvalue weighted by Crippen LogP contribution is -2.20. The highest BCUT2D eigenvalue weighted by molar-refractivity contribution is 5.81. The molecule has 0 saturated heterocycles. The second-order valence-corrected chi connectivity index (χ2v) is 3.17. The molecule has 0 radical (unpaired) electrons. The fraction of sp³-hybridized carbons (Fsp3) is 0.556.